The van der Waals surface area contributed by atoms with Crippen LogP contribution < -0.4 is 14.8 Å². The topological polar surface area (TPSA) is 50.8 Å². The molecule has 1 aromatic heterocycles. The summed E-state index contributed by atoms with van der Waals surface area (Å²) in [5.41, 5.74) is 1.21. The predicted molar refractivity (Wildman–Crippen MR) is 94.9 cm³/mol. The van der Waals surface area contributed by atoms with E-state index in [4.69, 9.17) is 9.47 Å². The van der Waals surface area contributed by atoms with Crippen LogP contribution in [0.3, 0.4) is 0 Å². The number of para-hydroxylation sites is 2. The van der Waals surface area contributed by atoms with Gasteiger partial charge in [-0.15, -0.1) is 11.3 Å². The van der Waals surface area contributed by atoms with E-state index in [2.05, 4.69) is 18.3 Å². The molecule has 1 N–H and O–H groups in total. The average molecular weight is 346 g/mol. The largest absolute Gasteiger partial charge is 0.486 e. The number of urea groups is 1. The fourth-order valence-corrected chi connectivity index (χ4v) is 3.45. The fourth-order valence-electron chi connectivity index (χ4n) is 2.61. The molecule has 0 spiro atoms. The van der Waals surface area contributed by atoms with Crippen LogP contribution in [0.2, 0.25) is 0 Å². The summed E-state index contributed by atoms with van der Waals surface area (Å²) < 4.78 is 11.7. The second-order valence-electron chi connectivity index (χ2n) is 5.72. The summed E-state index contributed by atoms with van der Waals surface area (Å²) in [6.07, 6.45) is -0.158. The van der Waals surface area contributed by atoms with Crippen LogP contribution >= 0.6 is 11.3 Å². The molecule has 2 heterocycles. The average Bonchev–Trinajstić information content (AvgIpc) is 3.02. The van der Waals surface area contributed by atoms with E-state index in [9.17, 15) is 4.79 Å². The Labute approximate surface area is 146 Å². The minimum absolute atomic E-state index is 0.0761. The third-order valence-corrected chi connectivity index (χ3v) is 5.05. The van der Waals surface area contributed by atoms with Crippen molar-refractivity contribution in [3.05, 3.63) is 46.2 Å². The lowest BCUT2D eigenvalue weighted by molar-refractivity contribution is 0.0675. The number of nitrogens with one attached hydrogen (secondary N) is 1. The molecule has 5 nitrogen and oxygen atoms in total. The molecule has 1 aliphatic rings. The number of rotatable bonds is 5. The molecular formula is C18H22N2O3S. The monoisotopic (exact) mass is 346 g/mol. The molecule has 1 aliphatic heterocycles. The molecule has 2 amide bonds. The van der Waals surface area contributed by atoms with Gasteiger partial charge in [-0.1, -0.05) is 12.1 Å². The number of likely N-dealkylation sites (N-methyl/N-ethyl adjacent to an activating group) is 1. The van der Waals surface area contributed by atoms with Crippen LogP contribution in [-0.2, 0) is 6.54 Å². The highest BCUT2D eigenvalue weighted by Crippen LogP contribution is 2.31. The van der Waals surface area contributed by atoms with Crippen molar-refractivity contribution in [2.45, 2.75) is 26.5 Å². The van der Waals surface area contributed by atoms with Crippen LogP contribution in [0.15, 0.2) is 35.7 Å². The van der Waals surface area contributed by atoms with Gasteiger partial charge in [0.25, 0.3) is 0 Å². The molecule has 1 atom stereocenters. The van der Waals surface area contributed by atoms with Crippen LogP contribution in [0.1, 0.15) is 17.4 Å². The summed E-state index contributed by atoms with van der Waals surface area (Å²) in [6, 6.07) is 9.59. The van der Waals surface area contributed by atoms with Gasteiger partial charge in [0.05, 0.1) is 13.1 Å². The van der Waals surface area contributed by atoms with Gasteiger partial charge in [0.2, 0.25) is 0 Å². The molecule has 0 bridgehead atoms. The third-order valence-electron chi connectivity index (χ3n) is 4.03. The number of thiophene rings is 1. The van der Waals surface area contributed by atoms with E-state index >= 15 is 0 Å². The van der Waals surface area contributed by atoms with Crippen molar-refractivity contribution < 1.29 is 14.3 Å². The molecular weight excluding hydrogens is 324 g/mol. The third kappa shape index (κ3) is 3.82. The lowest BCUT2D eigenvalue weighted by atomic mass is 10.2. The minimum Gasteiger partial charge on any atom is -0.486 e. The van der Waals surface area contributed by atoms with Crippen molar-refractivity contribution in [1.29, 1.82) is 0 Å². The van der Waals surface area contributed by atoms with Crippen molar-refractivity contribution in [3.8, 4) is 11.5 Å². The summed E-state index contributed by atoms with van der Waals surface area (Å²) in [7, 11) is 0. The van der Waals surface area contributed by atoms with E-state index in [1.165, 1.54) is 10.4 Å². The first-order valence-corrected chi connectivity index (χ1v) is 8.99. The molecule has 0 unspecified atom stereocenters. The maximum Gasteiger partial charge on any atom is 0.317 e. The summed E-state index contributed by atoms with van der Waals surface area (Å²) in [5, 5.41) is 5.03. The number of amides is 2. The Hall–Kier alpha value is -2.21. The van der Waals surface area contributed by atoms with E-state index in [-0.39, 0.29) is 12.1 Å². The molecule has 1 aromatic carbocycles. The van der Waals surface area contributed by atoms with Gasteiger partial charge < -0.3 is 19.7 Å². The first-order chi connectivity index (χ1) is 11.7. The maximum absolute atomic E-state index is 12.4. The van der Waals surface area contributed by atoms with Gasteiger partial charge in [0, 0.05) is 11.4 Å². The highest BCUT2D eigenvalue weighted by molar-refractivity contribution is 7.10. The Morgan fingerprint density at radius 2 is 2.12 bits per heavy atom. The Bertz CT molecular complexity index is 701. The fraction of sp³-hybridized carbons (Fsp3) is 0.389. The van der Waals surface area contributed by atoms with E-state index in [0.29, 0.717) is 26.2 Å². The van der Waals surface area contributed by atoms with Crippen LogP contribution in [-0.4, -0.2) is 36.7 Å². The Morgan fingerprint density at radius 3 is 2.83 bits per heavy atom. The van der Waals surface area contributed by atoms with Crippen LogP contribution in [0.25, 0.3) is 0 Å². The zero-order chi connectivity index (χ0) is 16.9. The smallest absolute Gasteiger partial charge is 0.317 e. The van der Waals surface area contributed by atoms with E-state index in [1.807, 2.05) is 36.6 Å². The standard InChI is InChI=1S/C18H22N2O3S/c1-3-20(18(21)19-10-17-13(2)8-9-24-17)11-14-12-22-15-6-4-5-7-16(15)23-14/h4-9,14H,3,10-12H2,1-2H3,(H,19,21)/t14-/m1/s1. The zero-order valence-electron chi connectivity index (χ0n) is 14.0. The van der Waals surface area contributed by atoms with Gasteiger partial charge in [-0.05, 0) is 43.0 Å². The Morgan fingerprint density at radius 1 is 1.33 bits per heavy atom. The highest BCUT2D eigenvalue weighted by atomic mass is 32.1. The van der Waals surface area contributed by atoms with E-state index in [1.54, 1.807) is 16.2 Å². The molecule has 24 heavy (non-hydrogen) atoms. The van der Waals surface area contributed by atoms with Gasteiger partial charge in [-0.25, -0.2) is 4.79 Å². The van der Waals surface area contributed by atoms with Gasteiger partial charge in [0.15, 0.2) is 17.6 Å². The lowest BCUT2D eigenvalue weighted by Crippen LogP contribution is -2.47. The molecule has 6 heteroatoms. The Balaban J connectivity index is 1.55. The lowest BCUT2D eigenvalue weighted by Gasteiger charge is -2.30. The zero-order valence-corrected chi connectivity index (χ0v) is 14.8. The molecule has 3 rings (SSSR count). The quantitative estimate of drug-likeness (QED) is 0.902. The number of hydrogen-bond donors (Lipinski definition) is 1. The van der Waals surface area contributed by atoms with Gasteiger partial charge in [-0.2, -0.15) is 0 Å². The number of carbonyl (C=O) groups is 1. The summed E-state index contributed by atoms with van der Waals surface area (Å²) in [5.74, 6) is 1.49. The second-order valence-corrected chi connectivity index (χ2v) is 6.72. The van der Waals surface area contributed by atoms with E-state index in [0.717, 1.165) is 11.5 Å². The number of aryl methyl sites for hydroxylation is 1. The molecule has 0 saturated heterocycles. The summed E-state index contributed by atoms with van der Waals surface area (Å²) in [4.78, 5) is 15.4. The second kappa shape index (κ2) is 7.57. The first kappa shape index (κ1) is 16.6. The molecule has 0 aliphatic carbocycles. The number of benzene rings is 1. The van der Waals surface area contributed by atoms with Gasteiger partial charge >= 0.3 is 6.03 Å². The van der Waals surface area contributed by atoms with Crippen LogP contribution in [0.4, 0.5) is 4.79 Å². The Kier molecular flexibility index (Phi) is 5.25. The number of ether oxygens (including phenoxy) is 2. The highest BCUT2D eigenvalue weighted by Gasteiger charge is 2.24. The summed E-state index contributed by atoms with van der Waals surface area (Å²) >= 11 is 1.66. The molecule has 128 valence electrons. The molecule has 0 fully saturated rings. The van der Waals surface area contributed by atoms with Crippen molar-refractivity contribution in [1.82, 2.24) is 10.2 Å². The number of carbonyl (C=O) groups excluding carboxylic acids is 1. The molecule has 2 aromatic rings. The van der Waals surface area contributed by atoms with Gasteiger partial charge in [-0.3, -0.25) is 0 Å². The normalized spacial score (nSPS) is 15.8. The van der Waals surface area contributed by atoms with Gasteiger partial charge in [0.1, 0.15) is 6.61 Å². The van der Waals surface area contributed by atoms with E-state index < -0.39 is 0 Å². The SMILES string of the molecule is CCN(C[C@@H]1COc2ccccc2O1)C(=O)NCc1sccc1C. The number of fused-ring (bicyclic) bond motifs is 1. The van der Waals surface area contributed by atoms with Crippen molar-refractivity contribution >= 4 is 17.4 Å². The predicted octanol–water partition coefficient (Wildman–Crippen LogP) is 3.43. The van der Waals surface area contributed by atoms with Crippen LogP contribution in [0, 0.1) is 6.92 Å². The number of hydrogen-bond acceptors (Lipinski definition) is 4. The van der Waals surface area contributed by atoms with Crippen LogP contribution in [0.5, 0.6) is 11.5 Å². The molecule has 0 saturated carbocycles. The minimum atomic E-state index is -0.158. The molecule has 0 radical (unpaired) electrons. The maximum atomic E-state index is 12.4. The van der Waals surface area contributed by atoms with Crippen molar-refractivity contribution in [2.24, 2.45) is 0 Å². The van der Waals surface area contributed by atoms with Crippen molar-refractivity contribution in [2.75, 3.05) is 19.7 Å². The first-order valence-electron chi connectivity index (χ1n) is 8.11. The van der Waals surface area contributed by atoms with Crippen molar-refractivity contribution in [3.63, 3.8) is 0 Å². The number of nitrogens with zero attached hydrogens (tertiary/aromatic N) is 1. The summed E-state index contributed by atoms with van der Waals surface area (Å²) in [6.45, 7) is 6.15.